The fourth-order valence-corrected chi connectivity index (χ4v) is 5.42. The highest BCUT2D eigenvalue weighted by atomic mass is 16.5. The van der Waals surface area contributed by atoms with Gasteiger partial charge in [0.25, 0.3) is 5.91 Å². The second-order valence-electron chi connectivity index (χ2n) is 11.7. The van der Waals surface area contributed by atoms with Gasteiger partial charge in [0.2, 0.25) is 0 Å². The Morgan fingerprint density at radius 2 is 1.85 bits per heavy atom. The van der Waals surface area contributed by atoms with Gasteiger partial charge in [-0.25, -0.2) is 4.79 Å². The van der Waals surface area contributed by atoms with Crippen LogP contribution < -0.4 is 15.4 Å². The number of benzene rings is 1. The number of urea groups is 1. The number of aliphatic hydroxyl groups excluding tert-OH is 1. The van der Waals surface area contributed by atoms with Crippen molar-refractivity contribution in [2.45, 2.75) is 96.4 Å². The number of rotatable bonds is 6. The first-order valence-electron chi connectivity index (χ1n) is 14.7. The number of aliphatic hydroxyl groups is 1. The number of likely N-dealkylation sites (N-methyl/N-ethyl adjacent to an activating group) is 1. The van der Waals surface area contributed by atoms with E-state index in [0.29, 0.717) is 30.2 Å². The summed E-state index contributed by atoms with van der Waals surface area (Å²) in [6.07, 6.45) is 8.06. The summed E-state index contributed by atoms with van der Waals surface area (Å²) in [5.74, 6) is 0.299. The van der Waals surface area contributed by atoms with Crippen LogP contribution in [0.3, 0.4) is 0 Å². The van der Waals surface area contributed by atoms with Crippen LogP contribution in [0.15, 0.2) is 18.2 Å². The Morgan fingerprint density at radius 1 is 1.13 bits per heavy atom. The minimum Gasteiger partial charge on any atom is -0.490 e. The Morgan fingerprint density at radius 3 is 2.54 bits per heavy atom. The van der Waals surface area contributed by atoms with Gasteiger partial charge in [0.1, 0.15) is 5.75 Å². The number of nitrogens with zero attached hydrogens (tertiary/aromatic N) is 2. The van der Waals surface area contributed by atoms with Crippen molar-refractivity contribution in [1.82, 2.24) is 15.1 Å². The molecule has 39 heavy (non-hydrogen) atoms. The first-order valence-corrected chi connectivity index (χ1v) is 14.7. The Balaban J connectivity index is 1.90. The Kier molecular flexibility index (Phi) is 12.3. The maximum absolute atomic E-state index is 14.1. The molecule has 1 fully saturated rings. The largest absolute Gasteiger partial charge is 0.490 e. The Labute approximate surface area is 234 Å². The Hall–Kier alpha value is -2.36. The summed E-state index contributed by atoms with van der Waals surface area (Å²) >= 11 is 0. The van der Waals surface area contributed by atoms with Gasteiger partial charge in [0.05, 0.1) is 30.4 Å². The highest BCUT2D eigenvalue weighted by molar-refractivity contribution is 5.99. The standard InChI is InChI=1S/C30H50N4O5/c1-21-18-34(22(2)20-35)29(36)26-17-25(32-30(37)31-24-12-7-6-8-13-24)14-15-27(26)39-23(3)11-9-10-16-38-28(21)19-33(4)5/h14-15,17,21-24,28,35H,6-13,16,18-20H2,1-5H3,(H2,31,32,37)/t21-,22+,23+,28+/m0/s1. The van der Waals surface area contributed by atoms with E-state index in [-0.39, 0.29) is 42.7 Å². The lowest BCUT2D eigenvalue weighted by Crippen LogP contribution is -2.47. The van der Waals surface area contributed by atoms with E-state index in [4.69, 9.17) is 9.47 Å². The van der Waals surface area contributed by atoms with Gasteiger partial charge in [-0.05, 0) is 78.2 Å². The molecule has 9 heteroatoms. The van der Waals surface area contributed by atoms with E-state index in [1.54, 1.807) is 23.1 Å². The highest BCUT2D eigenvalue weighted by Crippen LogP contribution is 2.28. The average molecular weight is 547 g/mol. The molecule has 9 nitrogen and oxygen atoms in total. The molecule has 1 aromatic carbocycles. The summed E-state index contributed by atoms with van der Waals surface area (Å²) in [5.41, 5.74) is 0.915. The van der Waals surface area contributed by atoms with Crippen molar-refractivity contribution in [2.75, 3.05) is 45.7 Å². The number of amides is 3. The number of anilines is 1. The van der Waals surface area contributed by atoms with Crippen molar-refractivity contribution in [3.8, 4) is 5.75 Å². The molecule has 0 aromatic heterocycles. The number of nitrogens with one attached hydrogen (secondary N) is 2. The molecular formula is C30H50N4O5. The van der Waals surface area contributed by atoms with Crippen molar-refractivity contribution in [3.63, 3.8) is 0 Å². The normalized spacial score (nSPS) is 24.8. The molecule has 2 aliphatic rings. The van der Waals surface area contributed by atoms with Crippen LogP contribution in [-0.2, 0) is 4.74 Å². The average Bonchev–Trinajstić information content (AvgIpc) is 2.90. The molecule has 1 aliphatic heterocycles. The van der Waals surface area contributed by atoms with Crippen LogP contribution in [0.5, 0.6) is 5.75 Å². The van der Waals surface area contributed by atoms with E-state index in [1.807, 2.05) is 27.9 Å². The molecule has 0 bridgehead atoms. The number of ether oxygens (including phenoxy) is 2. The fraction of sp³-hybridized carbons (Fsp3) is 0.733. The Bertz CT molecular complexity index is 921. The predicted octanol–water partition coefficient (Wildman–Crippen LogP) is 4.50. The third-order valence-electron chi connectivity index (χ3n) is 7.79. The zero-order valence-corrected chi connectivity index (χ0v) is 24.6. The molecule has 1 heterocycles. The third-order valence-corrected chi connectivity index (χ3v) is 7.79. The minimum absolute atomic E-state index is 0.0409. The van der Waals surface area contributed by atoms with Gasteiger partial charge in [0.15, 0.2) is 0 Å². The van der Waals surface area contributed by atoms with Gasteiger partial charge in [-0.2, -0.15) is 0 Å². The maximum Gasteiger partial charge on any atom is 0.319 e. The monoisotopic (exact) mass is 546 g/mol. The number of hydrogen-bond acceptors (Lipinski definition) is 6. The molecule has 1 aromatic rings. The van der Waals surface area contributed by atoms with Crippen molar-refractivity contribution < 1.29 is 24.2 Å². The van der Waals surface area contributed by atoms with Crippen LogP contribution in [0.4, 0.5) is 10.5 Å². The number of carbonyl (C=O) groups excluding carboxylic acids is 2. The summed E-state index contributed by atoms with van der Waals surface area (Å²) < 4.78 is 12.6. The van der Waals surface area contributed by atoms with E-state index < -0.39 is 6.04 Å². The zero-order chi connectivity index (χ0) is 28.4. The molecule has 220 valence electrons. The van der Waals surface area contributed by atoms with E-state index in [9.17, 15) is 14.7 Å². The zero-order valence-electron chi connectivity index (χ0n) is 24.6. The molecule has 3 amide bonds. The molecule has 0 spiro atoms. The van der Waals surface area contributed by atoms with E-state index >= 15 is 0 Å². The smallest absolute Gasteiger partial charge is 0.319 e. The van der Waals surface area contributed by atoms with Crippen LogP contribution in [0.25, 0.3) is 0 Å². The van der Waals surface area contributed by atoms with E-state index in [1.165, 1.54) is 6.42 Å². The van der Waals surface area contributed by atoms with Crippen LogP contribution in [0, 0.1) is 5.92 Å². The van der Waals surface area contributed by atoms with Crippen molar-refractivity contribution in [2.24, 2.45) is 5.92 Å². The quantitative estimate of drug-likeness (QED) is 0.486. The summed E-state index contributed by atoms with van der Waals surface area (Å²) in [5, 5.41) is 16.1. The van der Waals surface area contributed by atoms with Gasteiger partial charge in [-0.15, -0.1) is 0 Å². The second kappa shape index (κ2) is 15.4. The first-order chi connectivity index (χ1) is 18.7. The highest BCUT2D eigenvalue weighted by Gasteiger charge is 2.30. The summed E-state index contributed by atoms with van der Waals surface area (Å²) in [4.78, 5) is 30.7. The maximum atomic E-state index is 14.1. The summed E-state index contributed by atoms with van der Waals surface area (Å²) in [6, 6.07) is 4.78. The lowest BCUT2D eigenvalue weighted by Gasteiger charge is -2.35. The SMILES string of the molecule is C[C@@H]1CCCCO[C@H](CN(C)C)[C@@H](C)CN([C@H](C)CO)C(=O)c2cc(NC(=O)NC3CCCCC3)ccc2O1. The number of fused-ring (bicyclic) bond motifs is 1. The molecule has 4 atom stereocenters. The van der Waals surface area contributed by atoms with Crippen LogP contribution in [0.1, 0.15) is 82.5 Å². The van der Waals surface area contributed by atoms with Gasteiger partial charge >= 0.3 is 6.03 Å². The molecule has 0 unspecified atom stereocenters. The number of carbonyl (C=O) groups is 2. The van der Waals surface area contributed by atoms with E-state index in [0.717, 1.165) is 51.5 Å². The van der Waals surface area contributed by atoms with Gasteiger partial charge in [-0.3, -0.25) is 4.79 Å². The molecule has 3 rings (SSSR count). The summed E-state index contributed by atoms with van der Waals surface area (Å²) in [7, 11) is 4.05. The first kappa shape index (κ1) is 31.2. The second-order valence-corrected chi connectivity index (χ2v) is 11.7. The molecule has 0 radical (unpaired) electrons. The van der Waals surface area contributed by atoms with Gasteiger partial charge < -0.3 is 35.0 Å². The summed E-state index contributed by atoms with van der Waals surface area (Å²) in [6.45, 7) is 7.62. The molecular weight excluding hydrogens is 496 g/mol. The van der Waals surface area contributed by atoms with E-state index in [2.05, 4.69) is 22.5 Å². The lowest BCUT2D eigenvalue weighted by molar-refractivity contribution is -0.0137. The molecule has 1 aliphatic carbocycles. The minimum atomic E-state index is -0.399. The van der Waals surface area contributed by atoms with Crippen LogP contribution in [0.2, 0.25) is 0 Å². The van der Waals surface area contributed by atoms with Crippen molar-refractivity contribution in [1.29, 1.82) is 0 Å². The lowest BCUT2D eigenvalue weighted by atomic mass is 9.96. The fourth-order valence-electron chi connectivity index (χ4n) is 5.42. The topological polar surface area (TPSA) is 103 Å². The molecule has 1 saturated carbocycles. The van der Waals surface area contributed by atoms with Crippen LogP contribution >= 0.6 is 0 Å². The van der Waals surface area contributed by atoms with Crippen molar-refractivity contribution >= 4 is 17.6 Å². The predicted molar refractivity (Wildman–Crippen MR) is 154 cm³/mol. The molecule has 3 N–H and O–H groups in total. The molecule has 0 saturated heterocycles. The van der Waals surface area contributed by atoms with Gasteiger partial charge in [0, 0.05) is 37.3 Å². The third kappa shape index (κ3) is 9.65. The van der Waals surface area contributed by atoms with Crippen molar-refractivity contribution in [3.05, 3.63) is 23.8 Å². The van der Waals surface area contributed by atoms with Crippen LogP contribution in [-0.4, -0.2) is 91.5 Å². The number of hydrogen-bond donors (Lipinski definition) is 3. The van der Waals surface area contributed by atoms with Gasteiger partial charge in [-0.1, -0.05) is 26.2 Å².